The van der Waals surface area contributed by atoms with Crippen LogP contribution in [0.5, 0.6) is 0 Å². The lowest BCUT2D eigenvalue weighted by atomic mass is 10.1. The molecular formula is C20H20N8. The van der Waals surface area contributed by atoms with Gasteiger partial charge >= 0.3 is 0 Å². The summed E-state index contributed by atoms with van der Waals surface area (Å²) in [5.41, 5.74) is 1.16. The van der Waals surface area contributed by atoms with Crippen LogP contribution in [-0.2, 0) is 0 Å². The molecule has 0 aromatic heterocycles. The van der Waals surface area contributed by atoms with E-state index in [1.807, 2.05) is 52.0 Å². The van der Waals surface area contributed by atoms with Crippen molar-refractivity contribution in [2.75, 3.05) is 0 Å². The summed E-state index contributed by atoms with van der Waals surface area (Å²) in [6.07, 6.45) is 5.94. The van der Waals surface area contributed by atoms with Crippen molar-refractivity contribution < 1.29 is 0 Å². The predicted octanol–water partition coefficient (Wildman–Crippen LogP) is 2.92. The summed E-state index contributed by atoms with van der Waals surface area (Å²) in [6.45, 7) is 7.61. The summed E-state index contributed by atoms with van der Waals surface area (Å²) in [7, 11) is 0. The molecule has 0 aliphatic carbocycles. The van der Waals surface area contributed by atoms with E-state index in [0.717, 1.165) is 0 Å². The SMILES string of the molecule is CC(C)C1=C/N\C(C#N)=C(C#N)/N=C/C(C(C)C)=C\N\C(C#N)=C(C#N)/N=C\1. The second-order valence-corrected chi connectivity index (χ2v) is 6.30. The van der Waals surface area contributed by atoms with Crippen molar-refractivity contribution >= 4 is 12.4 Å². The molecule has 1 rings (SSSR count). The maximum atomic E-state index is 9.37. The monoisotopic (exact) mass is 372 g/mol. The quantitative estimate of drug-likeness (QED) is 0.762. The van der Waals surface area contributed by atoms with E-state index in [1.54, 1.807) is 0 Å². The van der Waals surface area contributed by atoms with E-state index in [-0.39, 0.29) is 34.6 Å². The van der Waals surface area contributed by atoms with Gasteiger partial charge in [-0.25, -0.2) is 9.98 Å². The number of rotatable bonds is 2. The molecule has 0 unspecified atom stereocenters. The molecule has 8 nitrogen and oxygen atoms in total. The van der Waals surface area contributed by atoms with Gasteiger partial charge < -0.3 is 10.6 Å². The van der Waals surface area contributed by atoms with Gasteiger partial charge in [0.05, 0.1) is 0 Å². The average molecular weight is 372 g/mol. The number of nitriles is 4. The number of nitrogens with one attached hydrogen (secondary N) is 2. The largest absolute Gasteiger partial charge is 0.350 e. The van der Waals surface area contributed by atoms with Crippen molar-refractivity contribution in [1.29, 1.82) is 21.0 Å². The molecule has 28 heavy (non-hydrogen) atoms. The summed E-state index contributed by atoms with van der Waals surface area (Å²) >= 11 is 0. The van der Waals surface area contributed by atoms with Gasteiger partial charge in [-0.2, -0.15) is 21.0 Å². The predicted molar refractivity (Wildman–Crippen MR) is 106 cm³/mol. The van der Waals surface area contributed by atoms with Gasteiger partial charge in [0.1, 0.15) is 24.3 Å². The number of hydrogen-bond acceptors (Lipinski definition) is 8. The molecule has 1 aliphatic heterocycles. The summed E-state index contributed by atoms with van der Waals surface area (Å²) in [6, 6.07) is 7.67. The molecule has 0 radical (unpaired) electrons. The zero-order chi connectivity index (χ0) is 21.1. The summed E-state index contributed by atoms with van der Waals surface area (Å²) < 4.78 is 0. The van der Waals surface area contributed by atoms with Crippen molar-refractivity contribution in [2.24, 2.45) is 21.8 Å². The molecule has 0 aromatic carbocycles. The molecule has 1 aliphatic rings. The molecule has 0 fully saturated rings. The fraction of sp³-hybridized carbons (Fsp3) is 0.300. The second kappa shape index (κ2) is 10.8. The lowest BCUT2D eigenvalue weighted by molar-refractivity contribution is 0.793. The summed E-state index contributed by atoms with van der Waals surface area (Å²) in [4.78, 5) is 8.24. The smallest absolute Gasteiger partial charge is 0.174 e. The van der Waals surface area contributed by atoms with Crippen molar-refractivity contribution in [3.05, 3.63) is 46.3 Å². The van der Waals surface area contributed by atoms with Crippen LogP contribution in [-0.4, -0.2) is 12.4 Å². The Balaban J connectivity index is 3.69. The molecule has 0 atom stereocenters. The number of allylic oxidation sites excluding steroid dienone is 6. The molecule has 0 saturated heterocycles. The molecule has 2 N–H and O–H groups in total. The Labute approximate surface area is 164 Å². The van der Waals surface area contributed by atoms with E-state index in [2.05, 4.69) is 20.6 Å². The minimum absolute atomic E-state index is 0.00372. The lowest BCUT2D eigenvalue weighted by Crippen LogP contribution is -2.12. The lowest BCUT2D eigenvalue weighted by Gasteiger charge is -2.10. The van der Waals surface area contributed by atoms with Crippen molar-refractivity contribution in [2.45, 2.75) is 27.7 Å². The van der Waals surface area contributed by atoms with Crippen LogP contribution in [0.4, 0.5) is 0 Å². The van der Waals surface area contributed by atoms with E-state index in [1.165, 1.54) is 24.8 Å². The van der Waals surface area contributed by atoms with Crippen LogP contribution in [0.3, 0.4) is 0 Å². The first-order valence-corrected chi connectivity index (χ1v) is 8.48. The Morgan fingerprint density at radius 1 is 0.679 bits per heavy atom. The van der Waals surface area contributed by atoms with Gasteiger partial charge in [-0.05, 0) is 23.0 Å². The Morgan fingerprint density at radius 2 is 1.04 bits per heavy atom. The first kappa shape index (κ1) is 21.9. The van der Waals surface area contributed by atoms with Gasteiger partial charge in [-0.3, -0.25) is 0 Å². The third-order valence-corrected chi connectivity index (χ3v) is 3.69. The maximum absolute atomic E-state index is 9.37. The highest BCUT2D eigenvalue weighted by atomic mass is 14.9. The van der Waals surface area contributed by atoms with Crippen LogP contribution in [0.25, 0.3) is 0 Å². The van der Waals surface area contributed by atoms with E-state index in [9.17, 15) is 21.0 Å². The van der Waals surface area contributed by atoms with Crippen molar-refractivity contribution in [3.63, 3.8) is 0 Å². The molecular weight excluding hydrogens is 352 g/mol. The summed E-state index contributed by atoms with van der Waals surface area (Å²) in [5, 5.41) is 43.0. The average Bonchev–Trinajstić information content (AvgIpc) is 2.67. The number of aliphatic imine (C=N–C) groups is 2. The number of hydrogen-bond donors (Lipinski definition) is 2. The highest BCUT2D eigenvalue weighted by Crippen LogP contribution is 2.13. The van der Waals surface area contributed by atoms with Gasteiger partial charge in [0.25, 0.3) is 0 Å². The maximum Gasteiger partial charge on any atom is 0.174 e. The topological polar surface area (TPSA) is 144 Å². The molecule has 0 amide bonds. The highest BCUT2D eigenvalue weighted by molar-refractivity contribution is 5.81. The van der Waals surface area contributed by atoms with Crippen LogP contribution < -0.4 is 10.6 Å². The zero-order valence-corrected chi connectivity index (χ0v) is 16.1. The van der Waals surface area contributed by atoms with E-state index < -0.39 is 0 Å². The van der Waals surface area contributed by atoms with Gasteiger partial charge in [0.15, 0.2) is 22.8 Å². The van der Waals surface area contributed by atoms with Crippen molar-refractivity contribution in [1.82, 2.24) is 10.6 Å². The second-order valence-electron chi connectivity index (χ2n) is 6.30. The first-order valence-electron chi connectivity index (χ1n) is 8.48. The third-order valence-electron chi connectivity index (χ3n) is 3.69. The molecule has 0 saturated carbocycles. The van der Waals surface area contributed by atoms with Crippen LogP contribution in [0, 0.1) is 57.2 Å². The Bertz CT molecular complexity index is 878. The molecule has 8 heteroatoms. The molecule has 0 spiro atoms. The van der Waals surface area contributed by atoms with E-state index >= 15 is 0 Å². The molecule has 1 heterocycles. The highest BCUT2D eigenvalue weighted by Gasteiger charge is 2.10. The fourth-order valence-electron chi connectivity index (χ4n) is 1.90. The van der Waals surface area contributed by atoms with Crippen LogP contribution in [0.1, 0.15) is 27.7 Å². The van der Waals surface area contributed by atoms with Gasteiger partial charge in [0.2, 0.25) is 0 Å². The Morgan fingerprint density at radius 3 is 1.29 bits per heavy atom. The van der Waals surface area contributed by atoms with Gasteiger partial charge in [0, 0.05) is 24.8 Å². The normalized spacial score (nSPS) is 26.5. The third kappa shape index (κ3) is 5.99. The van der Waals surface area contributed by atoms with Crippen molar-refractivity contribution in [3.8, 4) is 24.3 Å². The van der Waals surface area contributed by atoms with Gasteiger partial charge in [-0.1, -0.05) is 27.7 Å². The fourth-order valence-corrected chi connectivity index (χ4v) is 1.90. The van der Waals surface area contributed by atoms with Gasteiger partial charge in [-0.15, -0.1) is 0 Å². The minimum atomic E-state index is -0.0730. The molecule has 0 aromatic rings. The Hall–Kier alpha value is -4.14. The van der Waals surface area contributed by atoms with Crippen LogP contribution in [0.15, 0.2) is 56.3 Å². The zero-order valence-electron chi connectivity index (χ0n) is 16.1. The van der Waals surface area contributed by atoms with E-state index in [0.29, 0.717) is 11.1 Å². The Kier molecular flexibility index (Phi) is 8.42. The number of nitrogens with zero attached hydrogens (tertiary/aromatic N) is 6. The first-order chi connectivity index (χ1) is 13.4. The molecule has 140 valence electrons. The minimum Gasteiger partial charge on any atom is -0.350 e. The standard InChI is InChI=1S/C20H20N8/c1-13(2)15-9-25-17(5-21)19(7-23)27-11-16(14(3)4)12-28-20(8-24)18(6-22)26-10-15/h9-14,25,28H,1-4H3/b15-9+,16-12+,19-17-,20-18-,26-10-,27-11+. The molecule has 0 bridgehead atoms. The van der Waals surface area contributed by atoms with Crippen LogP contribution in [0.2, 0.25) is 0 Å². The van der Waals surface area contributed by atoms with E-state index in [4.69, 9.17) is 0 Å². The van der Waals surface area contributed by atoms with Crippen LogP contribution >= 0.6 is 0 Å². The summed E-state index contributed by atoms with van der Waals surface area (Å²) in [5.74, 6) is 0.00743.